The molecule has 0 unspecified atom stereocenters. The lowest BCUT2D eigenvalue weighted by Crippen LogP contribution is -2.12. The van der Waals surface area contributed by atoms with Gasteiger partial charge in [0.1, 0.15) is 11.5 Å². The molecular weight excluding hydrogens is 600 g/mol. The van der Waals surface area contributed by atoms with Gasteiger partial charge < -0.3 is 9.47 Å². The zero-order valence-corrected chi connectivity index (χ0v) is 24.8. The smallest absolute Gasteiger partial charge is 0.344 e. The van der Waals surface area contributed by atoms with E-state index in [2.05, 4.69) is 9.69 Å². The van der Waals surface area contributed by atoms with E-state index in [1.165, 1.54) is 6.07 Å². The molecule has 0 saturated carbocycles. The topological polar surface area (TPSA) is 109 Å². The van der Waals surface area contributed by atoms with Crippen molar-refractivity contribution in [1.29, 1.82) is 10.5 Å². The Kier molecular flexibility index (Phi) is 7.16. The summed E-state index contributed by atoms with van der Waals surface area (Å²) in [7, 11) is 0. The monoisotopic (exact) mass is 618 g/mol. The molecule has 0 N–H and O–H groups in total. The van der Waals surface area contributed by atoms with Crippen LogP contribution in [0.1, 0.15) is 43.0 Å². The largest absolute Gasteiger partial charge is 0.423 e. The summed E-state index contributed by atoms with van der Waals surface area (Å²) in [5, 5.41) is 19.3. The predicted octanol–water partition coefficient (Wildman–Crippen LogP) is 8.49. The maximum absolute atomic E-state index is 13.6. The first-order valence-electron chi connectivity index (χ1n) is 14.5. The molecule has 222 valence electrons. The molecule has 2 aliphatic rings. The van der Waals surface area contributed by atoms with Gasteiger partial charge in [0, 0.05) is 28.3 Å². The van der Waals surface area contributed by atoms with Crippen LogP contribution in [0.4, 0.5) is 0 Å². The van der Waals surface area contributed by atoms with Gasteiger partial charge in [-0.15, -0.1) is 0 Å². The number of fused-ring (bicyclic) bond motifs is 6. The molecule has 7 rings (SSSR count). The van der Waals surface area contributed by atoms with E-state index in [0.717, 1.165) is 0 Å². The third-order valence-electron chi connectivity index (χ3n) is 8.17. The Morgan fingerprint density at radius 2 is 0.896 bits per heavy atom. The number of hydrogen-bond acceptors (Lipinski definition) is 6. The molecule has 2 aliphatic carbocycles. The van der Waals surface area contributed by atoms with Crippen LogP contribution in [0, 0.1) is 35.8 Å². The first kappa shape index (κ1) is 29.2. The summed E-state index contributed by atoms with van der Waals surface area (Å²) in [5.74, 6) is -1.07. The maximum atomic E-state index is 13.6. The fourth-order valence-corrected chi connectivity index (χ4v) is 6.28. The van der Waals surface area contributed by atoms with Gasteiger partial charge >= 0.3 is 11.9 Å². The van der Waals surface area contributed by atoms with Crippen molar-refractivity contribution in [2.45, 2.75) is 0 Å². The highest BCUT2D eigenvalue weighted by molar-refractivity contribution is 6.12. The Balaban J connectivity index is 1.20. The van der Waals surface area contributed by atoms with Gasteiger partial charge in [0.25, 0.3) is 11.4 Å². The standard InChI is InChI=1S/C40H18N4O4/c1-43-33(21-41)37-27-14-5-3-12-25(27)35-29(37)16-8-18-31(35)39(45)47-23-10-7-11-24(20-23)48-40(46)32-19-9-17-30-36(32)26-13-4-6-15-28(26)38(30)34(22-42)44-2/h3-20H. The van der Waals surface area contributed by atoms with Gasteiger partial charge in [-0.25, -0.2) is 29.8 Å². The minimum Gasteiger partial charge on any atom is -0.423 e. The summed E-state index contributed by atoms with van der Waals surface area (Å²) in [6, 6.07) is 34.8. The van der Waals surface area contributed by atoms with E-state index in [4.69, 9.17) is 22.6 Å². The van der Waals surface area contributed by atoms with Crippen molar-refractivity contribution in [3.8, 4) is 45.9 Å². The van der Waals surface area contributed by atoms with Gasteiger partial charge in [0.15, 0.2) is 0 Å². The number of carbonyl (C=O) groups excluding carboxylic acids is 2. The van der Waals surface area contributed by atoms with Crippen molar-refractivity contribution < 1.29 is 19.1 Å². The van der Waals surface area contributed by atoms with Crippen LogP contribution < -0.4 is 9.47 Å². The molecule has 5 aromatic carbocycles. The van der Waals surface area contributed by atoms with Crippen LogP contribution in [0.15, 0.2) is 121 Å². The van der Waals surface area contributed by atoms with Gasteiger partial charge in [-0.2, -0.15) is 0 Å². The summed E-state index contributed by atoms with van der Waals surface area (Å²) in [5.41, 5.74) is 6.40. The molecule has 0 amide bonds. The number of nitrogens with zero attached hydrogens (tertiary/aromatic N) is 4. The van der Waals surface area contributed by atoms with Crippen LogP contribution in [0.2, 0.25) is 0 Å². The van der Waals surface area contributed by atoms with Crippen LogP contribution in [0.25, 0.3) is 43.1 Å². The van der Waals surface area contributed by atoms with Gasteiger partial charge in [-0.05, 0) is 57.6 Å². The lowest BCUT2D eigenvalue weighted by molar-refractivity contribution is 0.0733. The first-order chi connectivity index (χ1) is 23.5. The molecule has 48 heavy (non-hydrogen) atoms. The van der Waals surface area contributed by atoms with Crippen LogP contribution in [-0.2, 0) is 0 Å². The number of esters is 2. The van der Waals surface area contributed by atoms with Gasteiger partial charge in [-0.1, -0.05) is 78.9 Å². The number of carbonyl (C=O) groups is 2. The predicted molar refractivity (Wildman–Crippen MR) is 177 cm³/mol. The van der Waals surface area contributed by atoms with Crippen molar-refractivity contribution >= 4 is 23.1 Å². The minimum atomic E-state index is -0.669. The van der Waals surface area contributed by atoms with Gasteiger partial charge in [-0.3, -0.25) is 0 Å². The van der Waals surface area contributed by atoms with E-state index in [1.54, 1.807) is 54.6 Å². The first-order valence-corrected chi connectivity index (χ1v) is 14.5. The van der Waals surface area contributed by atoms with Gasteiger partial charge in [0.05, 0.1) is 36.4 Å². The summed E-state index contributed by atoms with van der Waals surface area (Å²) in [4.78, 5) is 34.1. The number of nitriles is 2. The minimum absolute atomic E-state index is 0.0714. The normalized spacial score (nSPS) is 13.6. The number of rotatable bonds is 4. The Hall–Kier alpha value is -7.52. The van der Waals surface area contributed by atoms with Crippen LogP contribution in [0.5, 0.6) is 11.5 Å². The lowest BCUT2D eigenvalue weighted by Gasteiger charge is -2.12. The van der Waals surface area contributed by atoms with Crippen molar-refractivity contribution in [3.63, 3.8) is 0 Å². The average molecular weight is 619 g/mol. The number of ether oxygens (including phenoxy) is 2. The molecule has 0 heterocycles. The van der Waals surface area contributed by atoms with Crippen molar-refractivity contribution in [1.82, 2.24) is 0 Å². The molecule has 0 aromatic heterocycles. The van der Waals surface area contributed by atoms with Crippen molar-refractivity contribution in [2.24, 2.45) is 0 Å². The number of hydrogen-bond donors (Lipinski definition) is 0. The van der Waals surface area contributed by atoms with E-state index < -0.39 is 11.9 Å². The van der Waals surface area contributed by atoms with E-state index in [9.17, 15) is 20.1 Å². The fraction of sp³-hybridized carbons (Fsp3) is 0. The highest BCUT2D eigenvalue weighted by Gasteiger charge is 2.32. The summed E-state index contributed by atoms with van der Waals surface area (Å²) in [6.45, 7) is 15.0. The molecule has 5 aromatic rings. The molecule has 8 heteroatoms. The second-order valence-electron chi connectivity index (χ2n) is 10.7. The maximum Gasteiger partial charge on any atom is 0.344 e. The molecule has 0 fully saturated rings. The molecule has 0 atom stereocenters. The van der Waals surface area contributed by atoms with E-state index in [1.807, 2.05) is 60.7 Å². The fourth-order valence-electron chi connectivity index (χ4n) is 6.28. The third kappa shape index (κ3) is 4.59. The Morgan fingerprint density at radius 1 is 0.521 bits per heavy atom. The number of allylic oxidation sites excluding steroid dienone is 2. The summed E-state index contributed by atoms with van der Waals surface area (Å²) in [6.07, 6.45) is 0. The summed E-state index contributed by atoms with van der Waals surface area (Å²) >= 11 is 0. The SMILES string of the molecule is [C-]#[N+]C(C#N)=C1c2ccccc2-c2c(C(=O)Oc3cccc(OC(=O)c4cccc5c4-c4ccccc4C5=C(C#N)[N+]#[C-])c3)cccc21. The van der Waals surface area contributed by atoms with E-state index in [0.29, 0.717) is 55.7 Å². The number of benzene rings is 5. The quantitative estimate of drug-likeness (QED) is 0.0847. The molecule has 0 spiro atoms. The molecule has 8 nitrogen and oxygen atoms in total. The average Bonchev–Trinajstić information content (AvgIpc) is 3.63. The van der Waals surface area contributed by atoms with Gasteiger partial charge in [0.2, 0.25) is 0 Å². The molecular formula is C40H18N4O4. The van der Waals surface area contributed by atoms with Crippen LogP contribution in [0.3, 0.4) is 0 Å². The van der Waals surface area contributed by atoms with E-state index in [-0.39, 0.29) is 34.0 Å². The highest BCUT2D eigenvalue weighted by Crippen LogP contribution is 2.49. The third-order valence-corrected chi connectivity index (χ3v) is 8.17. The second kappa shape index (κ2) is 11.8. The van der Waals surface area contributed by atoms with Crippen LogP contribution in [-0.4, -0.2) is 11.9 Å². The van der Waals surface area contributed by atoms with Crippen molar-refractivity contribution in [2.75, 3.05) is 0 Å². The Bertz CT molecular complexity index is 2290. The molecule has 0 saturated heterocycles. The van der Waals surface area contributed by atoms with E-state index >= 15 is 0 Å². The molecule has 0 radical (unpaired) electrons. The summed E-state index contributed by atoms with van der Waals surface area (Å²) < 4.78 is 11.5. The zero-order chi connectivity index (χ0) is 33.4. The molecule has 0 bridgehead atoms. The lowest BCUT2D eigenvalue weighted by atomic mass is 9.98. The second-order valence-corrected chi connectivity index (χ2v) is 10.7. The zero-order valence-electron chi connectivity index (χ0n) is 24.8. The van der Waals surface area contributed by atoms with Crippen molar-refractivity contribution in [3.05, 3.63) is 177 Å². The Labute approximate surface area is 274 Å². The van der Waals surface area contributed by atoms with Crippen LogP contribution >= 0.6 is 0 Å². The highest BCUT2D eigenvalue weighted by atomic mass is 16.5. The Morgan fingerprint density at radius 3 is 1.29 bits per heavy atom. The molecule has 0 aliphatic heterocycles.